The molecule has 0 atom stereocenters. The smallest absolute Gasteiger partial charge is 0.271 e. The van der Waals surface area contributed by atoms with E-state index in [1.54, 1.807) is 0 Å². The third-order valence-corrected chi connectivity index (χ3v) is 3.03. The molecule has 8 heteroatoms. The van der Waals surface area contributed by atoms with Gasteiger partial charge in [0, 0.05) is 6.07 Å². The van der Waals surface area contributed by atoms with Crippen LogP contribution < -0.4 is 5.43 Å². The Bertz CT molecular complexity index is 636. The molecule has 1 N–H and O–H groups in total. The average Bonchev–Trinajstić information content (AvgIpc) is 2.80. The second-order valence-corrected chi connectivity index (χ2v) is 4.69. The van der Waals surface area contributed by atoms with Gasteiger partial charge in [-0.25, -0.2) is 0 Å². The molecule has 0 saturated carbocycles. The molecule has 0 amide bonds. The van der Waals surface area contributed by atoms with Gasteiger partial charge < -0.3 is 0 Å². The van der Waals surface area contributed by atoms with Gasteiger partial charge in [-0.3, -0.25) is 15.5 Å². The summed E-state index contributed by atoms with van der Waals surface area (Å²) in [7, 11) is 0. The molecular weight excluding hydrogens is 287 g/mol. The number of nitrogens with one attached hydrogen (secondary N) is 1. The van der Waals surface area contributed by atoms with Gasteiger partial charge in [-0.05, 0) is 38.0 Å². The highest BCUT2D eigenvalue weighted by Gasteiger charge is 2.33. The van der Waals surface area contributed by atoms with Crippen LogP contribution in [0.2, 0.25) is 0 Å². The van der Waals surface area contributed by atoms with Gasteiger partial charge in [0.2, 0.25) is 0 Å². The molecule has 1 aliphatic rings. The van der Waals surface area contributed by atoms with E-state index >= 15 is 0 Å². The molecule has 0 heterocycles. The number of halogens is 3. The van der Waals surface area contributed by atoms with Gasteiger partial charge in [-0.2, -0.15) is 18.3 Å². The van der Waals surface area contributed by atoms with Gasteiger partial charge in [0.25, 0.3) is 5.69 Å². The van der Waals surface area contributed by atoms with Crippen molar-refractivity contribution in [3.8, 4) is 0 Å². The minimum Gasteiger partial charge on any atom is -0.271 e. The predicted molar refractivity (Wildman–Crippen MR) is 72.1 cm³/mol. The van der Waals surface area contributed by atoms with Crippen molar-refractivity contribution in [2.75, 3.05) is 5.43 Å². The zero-order valence-electron chi connectivity index (χ0n) is 11.1. The minimum atomic E-state index is -4.62. The van der Waals surface area contributed by atoms with Gasteiger partial charge in [-0.1, -0.05) is 5.57 Å². The van der Waals surface area contributed by atoms with Crippen LogP contribution in [0, 0.1) is 10.1 Å². The molecular formula is C13H12F3N3O2. The molecule has 0 aliphatic heterocycles. The zero-order valence-corrected chi connectivity index (χ0v) is 11.1. The molecule has 1 aromatic rings. The molecule has 0 aromatic heterocycles. The fourth-order valence-corrected chi connectivity index (χ4v) is 1.93. The SMILES string of the molecule is CC1=CC(=NNc2ccc(C(F)(F)F)cc2[N+](=O)[O-])CC1. The maximum atomic E-state index is 12.6. The summed E-state index contributed by atoms with van der Waals surface area (Å²) >= 11 is 0. The fourth-order valence-electron chi connectivity index (χ4n) is 1.93. The number of anilines is 1. The van der Waals surface area contributed by atoms with E-state index in [4.69, 9.17) is 0 Å². The van der Waals surface area contributed by atoms with Crippen molar-refractivity contribution in [3.05, 3.63) is 45.5 Å². The second-order valence-electron chi connectivity index (χ2n) is 4.69. The Kier molecular flexibility index (Phi) is 3.97. The Hall–Kier alpha value is -2.38. The summed E-state index contributed by atoms with van der Waals surface area (Å²) in [6.07, 6.45) is -1.23. The Morgan fingerprint density at radius 1 is 1.33 bits per heavy atom. The lowest BCUT2D eigenvalue weighted by atomic mass is 10.1. The summed E-state index contributed by atoms with van der Waals surface area (Å²) in [4.78, 5) is 10.0. The second kappa shape index (κ2) is 5.55. The lowest BCUT2D eigenvalue weighted by Crippen LogP contribution is -2.07. The van der Waals surface area contributed by atoms with Crippen LogP contribution in [0.3, 0.4) is 0 Å². The van der Waals surface area contributed by atoms with Crippen LogP contribution in [0.4, 0.5) is 24.5 Å². The van der Waals surface area contributed by atoms with Crippen molar-refractivity contribution in [2.45, 2.75) is 25.9 Å². The highest BCUT2D eigenvalue weighted by molar-refractivity contribution is 5.98. The van der Waals surface area contributed by atoms with Crippen molar-refractivity contribution in [2.24, 2.45) is 5.10 Å². The van der Waals surface area contributed by atoms with Crippen LogP contribution in [0.5, 0.6) is 0 Å². The van der Waals surface area contributed by atoms with E-state index in [9.17, 15) is 23.3 Å². The van der Waals surface area contributed by atoms with Gasteiger partial charge in [0.15, 0.2) is 0 Å². The number of nitrogens with zero attached hydrogens (tertiary/aromatic N) is 2. The third-order valence-electron chi connectivity index (χ3n) is 3.03. The first kappa shape index (κ1) is 15.0. The Morgan fingerprint density at radius 3 is 2.57 bits per heavy atom. The number of alkyl halides is 3. The maximum absolute atomic E-state index is 12.6. The number of nitro benzene ring substituents is 1. The summed E-state index contributed by atoms with van der Waals surface area (Å²) in [5, 5.41) is 14.9. The van der Waals surface area contributed by atoms with Crippen LogP contribution in [0.1, 0.15) is 25.3 Å². The van der Waals surface area contributed by atoms with Gasteiger partial charge in [0.1, 0.15) is 5.69 Å². The van der Waals surface area contributed by atoms with Crippen molar-refractivity contribution in [3.63, 3.8) is 0 Å². The number of rotatable bonds is 3. The molecule has 0 unspecified atom stereocenters. The first-order chi connectivity index (χ1) is 9.77. The van der Waals surface area contributed by atoms with Crippen molar-refractivity contribution >= 4 is 17.1 Å². The van der Waals surface area contributed by atoms with Crippen LogP contribution in [0.15, 0.2) is 34.9 Å². The van der Waals surface area contributed by atoms with Crippen LogP contribution in [-0.2, 0) is 6.18 Å². The molecule has 1 aromatic carbocycles. The molecule has 0 saturated heterocycles. The van der Waals surface area contributed by atoms with Gasteiger partial charge >= 0.3 is 6.18 Å². The molecule has 0 fully saturated rings. The van der Waals surface area contributed by atoms with E-state index in [-0.39, 0.29) is 5.69 Å². The van der Waals surface area contributed by atoms with E-state index in [0.29, 0.717) is 18.2 Å². The van der Waals surface area contributed by atoms with Gasteiger partial charge in [0.05, 0.1) is 16.2 Å². The Morgan fingerprint density at radius 2 is 2.05 bits per heavy atom. The fraction of sp³-hybridized carbons (Fsp3) is 0.308. The summed E-state index contributed by atoms with van der Waals surface area (Å²) in [6, 6.07) is 2.29. The summed E-state index contributed by atoms with van der Waals surface area (Å²) < 4.78 is 37.7. The first-order valence-electron chi connectivity index (χ1n) is 6.13. The molecule has 0 spiro atoms. The minimum absolute atomic E-state index is 0.0709. The van der Waals surface area contributed by atoms with Crippen molar-refractivity contribution < 1.29 is 18.1 Å². The number of hydrogen-bond donors (Lipinski definition) is 1. The molecule has 112 valence electrons. The Balaban J connectivity index is 2.29. The van der Waals surface area contributed by atoms with E-state index in [1.165, 1.54) is 0 Å². The molecule has 1 aliphatic carbocycles. The number of hydrogen-bond acceptors (Lipinski definition) is 4. The topological polar surface area (TPSA) is 67.5 Å². The largest absolute Gasteiger partial charge is 0.416 e. The number of nitro groups is 1. The summed E-state index contributed by atoms with van der Waals surface area (Å²) in [5.74, 6) is 0. The monoisotopic (exact) mass is 299 g/mol. The predicted octanol–water partition coefficient (Wildman–Crippen LogP) is 4.12. The van der Waals surface area contributed by atoms with Gasteiger partial charge in [-0.15, -0.1) is 0 Å². The van der Waals surface area contributed by atoms with Crippen molar-refractivity contribution in [1.82, 2.24) is 0 Å². The average molecular weight is 299 g/mol. The summed E-state index contributed by atoms with van der Waals surface area (Å²) in [6.45, 7) is 1.93. The van der Waals surface area contributed by atoms with Crippen molar-refractivity contribution in [1.29, 1.82) is 0 Å². The highest BCUT2D eigenvalue weighted by atomic mass is 19.4. The lowest BCUT2D eigenvalue weighted by Gasteiger charge is -2.08. The molecule has 5 nitrogen and oxygen atoms in total. The summed E-state index contributed by atoms with van der Waals surface area (Å²) in [5.41, 5.74) is 2.52. The standard InChI is InChI=1S/C13H12F3N3O2/c1-8-2-4-10(6-8)17-18-11-5-3-9(13(14,15)16)7-12(11)19(20)21/h3,5-7,18H,2,4H2,1H3. The van der Waals surface area contributed by atoms with E-state index in [1.807, 2.05) is 13.0 Å². The van der Waals surface area contributed by atoms with E-state index in [0.717, 1.165) is 24.1 Å². The normalized spacial score (nSPS) is 17.0. The highest BCUT2D eigenvalue weighted by Crippen LogP contribution is 2.35. The third kappa shape index (κ3) is 3.59. The van der Waals surface area contributed by atoms with Crippen LogP contribution in [-0.4, -0.2) is 10.6 Å². The molecule has 0 bridgehead atoms. The van der Waals surface area contributed by atoms with Crippen LogP contribution in [0.25, 0.3) is 0 Å². The molecule has 2 rings (SSSR count). The van der Waals surface area contributed by atoms with Crippen LogP contribution >= 0.6 is 0 Å². The maximum Gasteiger partial charge on any atom is 0.416 e. The number of allylic oxidation sites excluding steroid dienone is 2. The number of benzene rings is 1. The quantitative estimate of drug-likeness (QED) is 0.674. The molecule has 21 heavy (non-hydrogen) atoms. The molecule has 0 radical (unpaired) electrons. The van der Waals surface area contributed by atoms with E-state index < -0.39 is 22.4 Å². The lowest BCUT2D eigenvalue weighted by molar-refractivity contribution is -0.384. The Labute approximate surface area is 118 Å². The number of hydrazone groups is 1. The van der Waals surface area contributed by atoms with E-state index in [2.05, 4.69) is 10.5 Å². The first-order valence-corrected chi connectivity index (χ1v) is 6.13. The zero-order chi connectivity index (χ0) is 15.6.